The number of hydrogen-bond donors (Lipinski definition) is 1. The van der Waals surface area contributed by atoms with Crippen LogP contribution in [0.3, 0.4) is 0 Å². The second-order valence-corrected chi connectivity index (χ2v) is 6.05. The van der Waals surface area contributed by atoms with Gasteiger partial charge >= 0.3 is 0 Å². The fourth-order valence-electron chi connectivity index (χ4n) is 4.20. The van der Waals surface area contributed by atoms with Crippen molar-refractivity contribution in [2.24, 2.45) is 0 Å². The number of benzene rings is 1. The summed E-state index contributed by atoms with van der Waals surface area (Å²) in [6, 6.07) is 12.3. The van der Waals surface area contributed by atoms with Crippen LogP contribution in [0.25, 0.3) is 0 Å². The summed E-state index contributed by atoms with van der Waals surface area (Å²) in [5.41, 5.74) is 2.81. The monoisotopic (exact) mass is 228 g/mol. The van der Waals surface area contributed by atoms with Gasteiger partial charge in [0.05, 0.1) is 0 Å². The standard InChI is InChI=1S/C15H20N2/c1-10-2-4-13(5-3-10)17-14-6-11-7-15(17)9-12(8-14)16-11/h2-5,11-12,14-16H,6-9H2,1H3. The normalized spacial score (nSPS) is 38.8. The van der Waals surface area contributed by atoms with E-state index < -0.39 is 0 Å². The van der Waals surface area contributed by atoms with Gasteiger partial charge < -0.3 is 10.2 Å². The van der Waals surface area contributed by atoms with Gasteiger partial charge in [0, 0.05) is 29.9 Å². The van der Waals surface area contributed by atoms with E-state index in [1.807, 2.05) is 0 Å². The van der Waals surface area contributed by atoms with Gasteiger partial charge in [0.1, 0.15) is 0 Å². The summed E-state index contributed by atoms with van der Waals surface area (Å²) in [5, 5.41) is 3.77. The molecule has 17 heavy (non-hydrogen) atoms. The predicted octanol–water partition coefficient (Wildman–Crippen LogP) is 2.47. The molecule has 4 saturated heterocycles. The number of anilines is 1. The van der Waals surface area contributed by atoms with Gasteiger partial charge in [0.15, 0.2) is 0 Å². The molecule has 4 fully saturated rings. The van der Waals surface area contributed by atoms with E-state index in [4.69, 9.17) is 0 Å². The van der Waals surface area contributed by atoms with Crippen molar-refractivity contribution in [3.05, 3.63) is 29.8 Å². The Morgan fingerprint density at radius 2 is 1.47 bits per heavy atom. The van der Waals surface area contributed by atoms with Gasteiger partial charge in [-0.15, -0.1) is 0 Å². The molecule has 0 unspecified atom stereocenters. The van der Waals surface area contributed by atoms with Crippen LogP contribution in [0.4, 0.5) is 5.69 Å². The van der Waals surface area contributed by atoms with Gasteiger partial charge in [-0.2, -0.15) is 0 Å². The van der Waals surface area contributed by atoms with E-state index >= 15 is 0 Å². The van der Waals surface area contributed by atoms with E-state index in [2.05, 4.69) is 41.4 Å². The molecule has 0 amide bonds. The van der Waals surface area contributed by atoms with Gasteiger partial charge in [0.2, 0.25) is 0 Å². The molecule has 4 heterocycles. The van der Waals surface area contributed by atoms with Crippen LogP contribution in [0.1, 0.15) is 31.2 Å². The van der Waals surface area contributed by atoms with Crippen LogP contribution in [-0.2, 0) is 0 Å². The Kier molecular flexibility index (Phi) is 2.04. The summed E-state index contributed by atoms with van der Waals surface area (Å²) in [6.45, 7) is 2.17. The summed E-state index contributed by atoms with van der Waals surface area (Å²) < 4.78 is 0. The Morgan fingerprint density at radius 1 is 0.941 bits per heavy atom. The fourth-order valence-corrected chi connectivity index (χ4v) is 4.20. The average molecular weight is 228 g/mol. The quantitative estimate of drug-likeness (QED) is 0.794. The number of nitrogens with one attached hydrogen (secondary N) is 1. The van der Waals surface area contributed by atoms with Crippen molar-refractivity contribution in [2.75, 3.05) is 4.90 Å². The van der Waals surface area contributed by atoms with E-state index in [0.717, 1.165) is 24.2 Å². The molecule has 0 radical (unpaired) electrons. The number of aryl methyl sites for hydroxylation is 1. The topological polar surface area (TPSA) is 15.3 Å². The Balaban J connectivity index is 1.68. The molecule has 2 heteroatoms. The molecular weight excluding hydrogens is 208 g/mol. The summed E-state index contributed by atoms with van der Waals surface area (Å²) in [7, 11) is 0. The van der Waals surface area contributed by atoms with E-state index in [1.165, 1.54) is 36.9 Å². The van der Waals surface area contributed by atoms with Gasteiger partial charge in [-0.05, 0) is 44.7 Å². The highest BCUT2D eigenvalue weighted by atomic mass is 15.3. The maximum atomic E-state index is 3.77. The second-order valence-electron chi connectivity index (χ2n) is 6.05. The zero-order valence-electron chi connectivity index (χ0n) is 10.4. The van der Waals surface area contributed by atoms with Crippen LogP contribution in [0.15, 0.2) is 24.3 Å². The molecule has 0 aliphatic carbocycles. The lowest BCUT2D eigenvalue weighted by molar-refractivity contribution is 0.135. The minimum atomic E-state index is 0.793. The third kappa shape index (κ3) is 1.50. The van der Waals surface area contributed by atoms with Crippen molar-refractivity contribution in [1.29, 1.82) is 0 Å². The first-order valence-electron chi connectivity index (χ1n) is 6.90. The number of nitrogens with zero attached hydrogens (tertiary/aromatic N) is 1. The van der Waals surface area contributed by atoms with Crippen LogP contribution in [0.5, 0.6) is 0 Å². The molecule has 0 aromatic heterocycles. The van der Waals surface area contributed by atoms with Crippen molar-refractivity contribution in [1.82, 2.24) is 5.32 Å². The Labute approximate surface area is 103 Å². The zero-order chi connectivity index (χ0) is 11.4. The fraction of sp³-hybridized carbons (Fsp3) is 0.600. The smallest absolute Gasteiger partial charge is 0.0371 e. The lowest BCUT2D eigenvalue weighted by Crippen LogP contribution is -2.67. The van der Waals surface area contributed by atoms with Crippen molar-refractivity contribution in [3.63, 3.8) is 0 Å². The molecule has 2 nitrogen and oxygen atoms in total. The first-order chi connectivity index (χ1) is 8.29. The maximum absolute atomic E-state index is 3.77. The number of piperidine rings is 4. The first kappa shape index (κ1) is 9.95. The predicted molar refractivity (Wildman–Crippen MR) is 70.4 cm³/mol. The van der Waals surface area contributed by atoms with Crippen LogP contribution in [-0.4, -0.2) is 24.2 Å². The van der Waals surface area contributed by atoms with E-state index in [1.54, 1.807) is 0 Å². The highest BCUT2D eigenvalue weighted by Crippen LogP contribution is 2.41. The molecule has 0 spiro atoms. The highest BCUT2D eigenvalue weighted by Gasteiger charge is 2.46. The molecular formula is C15H20N2. The minimum Gasteiger partial charge on any atom is -0.365 e. The lowest BCUT2D eigenvalue weighted by atomic mass is 9.74. The zero-order valence-corrected chi connectivity index (χ0v) is 10.4. The Bertz CT molecular complexity index is 395. The molecule has 5 rings (SSSR count). The molecule has 1 aromatic carbocycles. The second kappa shape index (κ2) is 3.49. The summed E-state index contributed by atoms with van der Waals surface area (Å²) in [6.07, 6.45) is 5.39. The summed E-state index contributed by atoms with van der Waals surface area (Å²) in [5.74, 6) is 0. The van der Waals surface area contributed by atoms with Crippen LogP contribution < -0.4 is 10.2 Å². The Hall–Kier alpha value is -1.02. The van der Waals surface area contributed by atoms with E-state index in [0.29, 0.717) is 0 Å². The molecule has 0 atom stereocenters. The maximum Gasteiger partial charge on any atom is 0.0371 e. The van der Waals surface area contributed by atoms with Gasteiger partial charge in [0.25, 0.3) is 0 Å². The molecule has 1 N–H and O–H groups in total. The molecule has 0 saturated carbocycles. The molecule has 4 bridgehead atoms. The number of rotatable bonds is 1. The van der Waals surface area contributed by atoms with E-state index in [9.17, 15) is 0 Å². The molecule has 1 aromatic rings. The minimum absolute atomic E-state index is 0.793. The summed E-state index contributed by atoms with van der Waals surface area (Å²) >= 11 is 0. The van der Waals surface area contributed by atoms with Crippen LogP contribution in [0, 0.1) is 6.92 Å². The average Bonchev–Trinajstić information content (AvgIpc) is 2.30. The van der Waals surface area contributed by atoms with Crippen molar-refractivity contribution in [3.8, 4) is 0 Å². The third-order valence-electron chi connectivity index (χ3n) is 4.82. The SMILES string of the molecule is Cc1ccc(N2C3CC4CC2CC(C3)N4)cc1. The highest BCUT2D eigenvalue weighted by molar-refractivity contribution is 5.51. The first-order valence-corrected chi connectivity index (χ1v) is 6.90. The van der Waals surface area contributed by atoms with Crippen LogP contribution >= 0.6 is 0 Å². The van der Waals surface area contributed by atoms with Crippen molar-refractivity contribution in [2.45, 2.75) is 56.8 Å². The van der Waals surface area contributed by atoms with Crippen molar-refractivity contribution < 1.29 is 0 Å². The van der Waals surface area contributed by atoms with Gasteiger partial charge in [-0.1, -0.05) is 17.7 Å². The van der Waals surface area contributed by atoms with Gasteiger partial charge in [-0.3, -0.25) is 0 Å². The summed E-state index contributed by atoms with van der Waals surface area (Å²) in [4.78, 5) is 2.72. The Morgan fingerprint density at radius 3 is 2.00 bits per heavy atom. The number of hydrogen-bond acceptors (Lipinski definition) is 2. The van der Waals surface area contributed by atoms with Crippen molar-refractivity contribution >= 4 is 5.69 Å². The van der Waals surface area contributed by atoms with E-state index in [-0.39, 0.29) is 0 Å². The molecule has 4 aliphatic rings. The largest absolute Gasteiger partial charge is 0.365 e. The lowest BCUT2D eigenvalue weighted by Gasteiger charge is -2.58. The molecule has 90 valence electrons. The van der Waals surface area contributed by atoms with Crippen LogP contribution in [0.2, 0.25) is 0 Å². The third-order valence-corrected chi connectivity index (χ3v) is 4.82. The van der Waals surface area contributed by atoms with Gasteiger partial charge in [-0.25, -0.2) is 0 Å². The molecule has 4 aliphatic heterocycles.